The van der Waals surface area contributed by atoms with E-state index in [0.29, 0.717) is 29.1 Å². The summed E-state index contributed by atoms with van der Waals surface area (Å²) >= 11 is 0. The van der Waals surface area contributed by atoms with Gasteiger partial charge >= 0.3 is 0 Å². The lowest BCUT2D eigenvalue weighted by molar-refractivity contribution is 0.0950. The van der Waals surface area contributed by atoms with Crippen LogP contribution in [-0.4, -0.2) is 31.8 Å². The maximum atomic E-state index is 13.2. The fourth-order valence-corrected chi connectivity index (χ4v) is 4.61. The largest absolute Gasteiger partial charge is 0.508 e. The number of hydrogen-bond donors (Lipinski definition) is 3. The number of pyridine rings is 1. The van der Waals surface area contributed by atoms with Crippen LogP contribution in [-0.2, 0) is 6.54 Å². The number of aromatic nitrogens is 3. The first-order valence-corrected chi connectivity index (χ1v) is 13.0. The van der Waals surface area contributed by atoms with Crippen LogP contribution in [0.1, 0.15) is 30.1 Å². The zero-order valence-corrected chi connectivity index (χ0v) is 21.4. The molecule has 1 aliphatic carbocycles. The molecular formula is C31H27N5O3. The Hall–Kier alpha value is -4.98. The van der Waals surface area contributed by atoms with E-state index in [-0.39, 0.29) is 23.3 Å². The highest BCUT2D eigenvalue weighted by Crippen LogP contribution is 2.31. The van der Waals surface area contributed by atoms with Crippen LogP contribution in [0.4, 0.5) is 11.4 Å². The number of phenols is 1. The molecule has 1 saturated carbocycles. The van der Waals surface area contributed by atoms with Crippen molar-refractivity contribution in [3.05, 3.63) is 101 Å². The van der Waals surface area contributed by atoms with Crippen LogP contribution in [0, 0.1) is 0 Å². The van der Waals surface area contributed by atoms with Gasteiger partial charge in [0, 0.05) is 41.0 Å². The van der Waals surface area contributed by atoms with Crippen LogP contribution in [0.15, 0.2) is 89.9 Å². The number of carbonyl (C=O) groups excluding carboxylic acids is 1. The monoisotopic (exact) mass is 517 g/mol. The average Bonchev–Trinajstić information content (AvgIpc) is 3.78. The summed E-state index contributed by atoms with van der Waals surface area (Å²) in [7, 11) is 0. The normalized spacial score (nSPS) is 12.8. The standard InChI is InChI=1S/C31H27N5O3/c1-2-36-31(39)29(34-27-10-4-9-26-25(27)8-5-13-32-26)18-28(35-36)20-7-3-6-19(14-20)21-15-22(17-24(37)16-21)30(38)33-23-11-12-23/h3-10,13-18,23,34,37H,2,11-12H2,1H3,(H,33,38). The molecule has 5 aromatic rings. The highest BCUT2D eigenvalue weighted by Gasteiger charge is 2.24. The van der Waals surface area contributed by atoms with Crippen molar-refractivity contribution < 1.29 is 9.90 Å². The van der Waals surface area contributed by atoms with E-state index in [1.54, 1.807) is 24.4 Å². The quantitative estimate of drug-likeness (QED) is 0.264. The lowest BCUT2D eigenvalue weighted by Gasteiger charge is -2.13. The van der Waals surface area contributed by atoms with E-state index < -0.39 is 0 Å². The zero-order chi connectivity index (χ0) is 26.9. The van der Waals surface area contributed by atoms with Gasteiger partial charge < -0.3 is 15.7 Å². The summed E-state index contributed by atoms with van der Waals surface area (Å²) in [4.78, 5) is 30.2. The molecule has 0 atom stereocenters. The van der Waals surface area contributed by atoms with Gasteiger partial charge in [0.25, 0.3) is 11.5 Å². The van der Waals surface area contributed by atoms with E-state index in [1.807, 2.05) is 61.5 Å². The Morgan fingerprint density at radius 2 is 1.77 bits per heavy atom. The van der Waals surface area contributed by atoms with E-state index >= 15 is 0 Å². The minimum absolute atomic E-state index is 0.0209. The number of phenolic OH excluding ortho intramolecular Hbond substituents is 1. The van der Waals surface area contributed by atoms with Crippen molar-refractivity contribution in [2.45, 2.75) is 32.4 Å². The van der Waals surface area contributed by atoms with Crippen molar-refractivity contribution in [3.63, 3.8) is 0 Å². The molecule has 0 spiro atoms. The number of carbonyl (C=O) groups is 1. The summed E-state index contributed by atoms with van der Waals surface area (Å²) in [6.45, 7) is 2.28. The Morgan fingerprint density at radius 1 is 0.949 bits per heavy atom. The molecule has 6 rings (SSSR count). The summed E-state index contributed by atoms with van der Waals surface area (Å²) in [6.07, 6.45) is 3.71. The summed E-state index contributed by atoms with van der Waals surface area (Å²) in [5.74, 6) is -0.172. The first kappa shape index (κ1) is 24.4. The molecule has 39 heavy (non-hydrogen) atoms. The average molecular weight is 518 g/mol. The van der Waals surface area contributed by atoms with Gasteiger partial charge in [-0.3, -0.25) is 14.6 Å². The lowest BCUT2D eigenvalue weighted by Crippen LogP contribution is -2.25. The second-order valence-corrected chi connectivity index (χ2v) is 9.66. The number of aromatic hydroxyl groups is 1. The third-order valence-electron chi connectivity index (χ3n) is 6.77. The molecule has 1 aliphatic rings. The van der Waals surface area contributed by atoms with E-state index in [1.165, 1.54) is 10.7 Å². The number of anilines is 2. The summed E-state index contributed by atoms with van der Waals surface area (Å²) < 4.78 is 1.43. The second-order valence-electron chi connectivity index (χ2n) is 9.66. The SMILES string of the molecule is CCn1nc(-c2cccc(-c3cc(O)cc(C(=O)NC4CC4)c3)c2)cc(Nc2cccc3ncccc23)c1=O. The molecule has 0 unspecified atom stereocenters. The Balaban J connectivity index is 1.38. The third-order valence-corrected chi connectivity index (χ3v) is 6.77. The maximum Gasteiger partial charge on any atom is 0.290 e. The molecule has 3 N–H and O–H groups in total. The summed E-state index contributed by atoms with van der Waals surface area (Å²) in [6, 6.07) is 24.1. The molecule has 2 aromatic heterocycles. The highest BCUT2D eigenvalue weighted by molar-refractivity contribution is 5.96. The molecule has 0 saturated heterocycles. The molecule has 8 nitrogen and oxygen atoms in total. The fourth-order valence-electron chi connectivity index (χ4n) is 4.61. The molecule has 194 valence electrons. The number of hydrogen-bond acceptors (Lipinski definition) is 6. The van der Waals surface area contributed by atoms with Gasteiger partial charge in [-0.15, -0.1) is 0 Å². The van der Waals surface area contributed by atoms with Crippen molar-refractivity contribution in [2.24, 2.45) is 0 Å². The Morgan fingerprint density at radius 3 is 2.59 bits per heavy atom. The molecule has 1 amide bonds. The van der Waals surface area contributed by atoms with Crippen molar-refractivity contribution in [3.8, 4) is 28.1 Å². The minimum Gasteiger partial charge on any atom is -0.508 e. The molecule has 0 aliphatic heterocycles. The molecule has 3 aromatic carbocycles. The first-order valence-electron chi connectivity index (χ1n) is 13.0. The van der Waals surface area contributed by atoms with E-state index in [9.17, 15) is 14.7 Å². The number of nitrogens with zero attached hydrogens (tertiary/aromatic N) is 3. The van der Waals surface area contributed by atoms with Crippen LogP contribution >= 0.6 is 0 Å². The lowest BCUT2D eigenvalue weighted by atomic mass is 9.99. The molecule has 0 radical (unpaired) electrons. The number of benzene rings is 3. The number of fused-ring (bicyclic) bond motifs is 1. The fraction of sp³-hybridized carbons (Fsp3) is 0.161. The van der Waals surface area contributed by atoms with Gasteiger partial charge in [0.1, 0.15) is 11.4 Å². The van der Waals surface area contributed by atoms with Crippen LogP contribution in [0.5, 0.6) is 5.75 Å². The predicted molar refractivity (Wildman–Crippen MR) is 152 cm³/mol. The van der Waals surface area contributed by atoms with E-state index in [4.69, 9.17) is 0 Å². The van der Waals surface area contributed by atoms with Gasteiger partial charge in [0.05, 0.1) is 11.2 Å². The van der Waals surface area contributed by atoms with Gasteiger partial charge in [-0.05, 0) is 85.5 Å². The Labute approximate surface area is 225 Å². The van der Waals surface area contributed by atoms with Crippen LogP contribution in [0.2, 0.25) is 0 Å². The van der Waals surface area contributed by atoms with Gasteiger partial charge in [-0.2, -0.15) is 5.10 Å². The van der Waals surface area contributed by atoms with Gasteiger partial charge in [-0.1, -0.05) is 24.3 Å². The first-order chi connectivity index (χ1) is 19.0. The van der Waals surface area contributed by atoms with Crippen molar-refractivity contribution in [1.29, 1.82) is 0 Å². The van der Waals surface area contributed by atoms with E-state index in [0.717, 1.165) is 40.6 Å². The predicted octanol–water partition coefficient (Wildman–Crippen LogP) is 5.49. The summed E-state index contributed by atoms with van der Waals surface area (Å²) in [5.41, 5.74) is 5.14. The molecule has 0 bridgehead atoms. The molecule has 8 heteroatoms. The molecule has 1 fully saturated rings. The van der Waals surface area contributed by atoms with Crippen molar-refractivity contribution in [1.82, 2.24) is 20.1 Å². The molecular weight excluding hydrogens is 490 g/mol. The number of aryl methyl sites for hydroxylation is 1. The van der Waals surface area contributed by atoms with E-state index in [2.05, 4.69) is 20.7 Å². The van der Waals surface area contributed by atoms with Gasteiger partial charge in [-0.25, -0.2) is 4.68 Å². The number of nitrogens with one attached hydrogen (secondary N) is 2. The Kier molecular flexibility index (Phi) is 6.28. The van der Waals surface area contributed by atoms with Crippen LogP contribution < -0.4 is 16.2 Å². The smallest absolute Gasteiger partial charge is 0.290 e. The van der Waals surface area contributed by atoms with Crippen molar-refractivity contribution >= 4 is 28.2 Å². The second kappa shape index (κ2) is 10.1. The minimum atomic E-state index is -0.224. The summed E-state index contributed by atoms with van der Waals surface area (Å²) in [5, 5.41) is 22.1. The zero-order valence-electron chi connectivity index (χ0n) is 21.4. The van der Waals surface area contributed by atoms with Crippen molar-refractivity contribution in [2.75, 3.05) is 5.32 Å². The van der Waals surface area contributed by atoms with Crippen LogP contribution in [0.3, 0.4) is 0 Å². The Bertz CT molecular complexity index is 1770. The highest BCUT2D eigenvalue weighted by atomic mass is 16.3. The number of amides is 1. The number of rotatable bonds is 7. The maximum absolute atomic E-state index is 13.2. The van der Waals surface area contributed by atoms with Gasteiger partial charge in [0.2, 0.25) is 0 Å². The third kappa shape index (κ3) is 5.09. The van der Waals surface area contributed by atoms with Crippen LogP contribution in [0.25, 0.3) is 33.3 Å². The molecule has 2 heterocycles. The van der Waals surface area contributed by atoms with Gasteiger partial charge in [0.15, 0.2) is 0 Å². The topological polar surface area (TPSA) is 109 Å².